The van der Waals surface area contributed by atoms with E-state index in [1.165, 1.54) is 0 Å². The number of benzene rings is 1. The third-order valence-electron chi connectivity index (χ3n) is 2.14. The molecule has 0 unspecified atom stereocenters. The molecule has 0 atom stereocenters. The van der Waals surface area contributed by atoms with E-state index in [9.17, 15) is 0 Å². The van der Waals surface area contributed by atoms with Crippen molar-refractivity contribution in [3.8, 4) is 0 Å². The van der Waals surface area contributed by atoms with Crippen LogP contribution < -0.4 is 0 Å². The highest BCUT2D eigenvalue weighted by Crippen LogP contribution is 2.20. The van der Waals surface area contributed by atoms with E-state index in [4.69, 9.17) is 4.42 Å². The molecule has 0 N–H and O–H groups in total. The van der Waals surface area contributed by atoms with Crippen molar-refractivity contribution in [3.05, 3.63) is 36.2 Å². The third kappa shape index (κ3) is 1.55. The van der Waals surface area contributed by atoms with Gasteiger partial charge in [-0.05, 0) is 25.5 Å². The summed E-state index contributed by atoms with van der Waals surface area (Å²) in [5, 5.41) is 0. The molecular weight excluding hydrogens is 174 g/mol. The molecule has 1 heterocycles. The molecule has 0 radical (unpaired) electrons. The van der Waals surface area contributed by atoms with Gasteiger partial charge in [0.15, 0.2) is 5.58 Å². The summed E-state index contributed by atoms with van der Waals surface area (Å²) in [5.41, 5.74) is 2.88. The summed E-state index contributed by atoms with van der Waals surface area (Å²) < 4.78 is 5.60. The van der Waals surface area contributed by atoms with E-state index in [1.54, 1.807) is 0 Å². The van der Waals surface area contributed by atoms with Crippen LogP contribution in [-0.2, 0) is 0 Å². The van der Waals surface area contributed by atoms with Crippen LogP contribution in [0, 0.1) is 0 Å². The Balaban J connectivity index is 2.50. The van der Waals surface area contributed by atoms with Crippen molar-refractivity contribution in [1.82, 2.24) is 4.98 Å². The number of para-hydroxylation sites is 2. The maximum atomic E-state index is 5.60. The summed E-state index contributed by atoms with van der Waals surface area (Å²) in [6.07, 6.45) is 3.12. The largest absolute Gasteiger partial charge is 0.436 e. The van der Waals surface area contributed by atoms with Gasteiger partial charge in [-0.2, -0.15) is 0 Å². The van der Waals surface area contributed by atoms with E-state index >= 15 is 0 Å². The Kier molecular flexibility index (Phi) is 2.35. The monoisotopic (exact) mass is 187 g/mol. The predicted molar refractivity (Wildman–Crippen MR) is 58.0 cm³/mol. The smallest absolute Gasteiger partial charge is 0.222 e. The van der Waals surface area contributed by atoms with Crippen LogP contribution >= 0.6 is 0 Å². The van der Waals surface area contributed by atoms with Crippen molar-refractivity contribution in [3.63, 3.8) is 0 Å². The Bertz CT molecular complexity index is 435. The standard InChI is InChI=1S/C12H13NO/c1-3-6-9(2)12-13-10-7-4-5-8-11(10)14-12/h4-8H,3H2,1-2H3. The second-order valence-corrected chi connectivity index (χ2v) is 3.28. The van der Waals surface area contributed by atoms with Crippen LogP contribution in [0.25, 0.3) is 16.7 Å². The molecule has 0 saturated carbocycles. The Morgan fingerprint density at radius 1 is 1.43 bits per heavy atom. The quantitative estimate of drug-likeness (QED) is 0.717. The lowest BCUT2D eigenvalue weighted by molar-refractivity contribution is 0.583. The molecule has 0 amide bonds. The minimum absolute atomic E-state index is 0.730. The fraction of sp³-hybridized carbons (Fsp3) is 0.250. The Hall–Kier alpha value is -1.57. The lowest BCUT2D eigenvalue weighted by Crippen LogP contribution is -1.77. The van der Waals surface area contributed by atoms with Crippen molar-refractivity contribution in [1.29, 1.82) is 0 Å². The van der Waals surface area contributed by atoms with Crippen LogP contribution in [0.2, 0.25) is 0 Å². The number of oxazole rings is 1. The molecule has 2 rings (SSSR count). The number of hydrogen-bond acceptors (Lipinski definition) is 2. The minimum Gasteiger partial charge on any atom is -0.436 e. The van der Waals surface area contributed by atoms with Crippen molar-refractivity contribution in [2.45, 2.75) is 20.3 Å². The zero-order valence-corrected chi connectivity index (χ0v) is 8.45. The highest BCUT2D eigenvalue weighted by atomic mass is 16.3. The lowest BCUT2D eigenvalue weighted by Gasteiger charge is -1.90. The summed E-state index contributed by atoms with van der Waals surface area (Å²) in [5.74, 6) is 0.730. The first-order valence-electron chi connectivity index (χ1n) is 4.84. The van der Waals surface area contributed by atoms with Crippen molar-refractivity contribution in [2.24, 2.45) is 0 Å². The molecule has 0 aliphatic heterocycles. The summed E-state index contributed by atoms with van der Waals surface area (Å²) >= 11 is 0. The van der Waals surface area contributed by atoms with E-state index in [0.717, 1.165) is 29.0 Å². The summed E-state index contributed by atoms with van der Waals surface area (Å²) in [6, 6.07) is 7.82. The molecule has 14 heavy (non-hydrogen) atoms. The van der Waals surface area contributed by atoms with E-state index in [2.05, 4.69) is 18.0 Å². The van der Waals surface area contributed by atoms with Crippen molar-refractivity contribution in [2.75, 3.05) is 0 Å². The predicted octanol–water partition coefficient (Wildman–Crippen LogP) is 3.64. The number of allylic oxidation sites excluding steroid dienone is 2. The van der Waals surface area contributed by atoms with Crippen molar-refractivity contribution < 1.29 is 4.42 Å². The Morgan fingerprint density at radius 3 is 2.93 bits per heavy atom. The first-order valence-corrected chi connectivity index (χ1v) is 4.84. The van der Waals surface area contributed by atoms with Gasteiger partial charge in [0.25, 0.3) is 0 Å². The molecule has 2 aromatic rings. The number of nitrogens with zero attached hydrogens (tertiary/aromatic N) is 1. The summed E-state index contributed by atoms with van der Waals surface area (Å²) in [4.78, 5) is 4.40. The van der Waals surface area contributed by atoms with E-state index in [-0.39, 0.29) is 0 Å². The van der Waals surface area contributed by atoms with Crippen LogP contribution in [0.1, 0.15) is 26.2 Å². The van der Waals surface area contributed by atoms with E-state index in [0.29, 0.717) is 0 Å². The maximum Gasteiger partial charge on any atom is 0.222 e. The van der Waals surface area contributed by atoms with Crippen LogP contribution in [0.15, 0.2) is 34.8 Å². The minimum atomic E-state index is 0.730. The van der Waals surface area contributed by atoms with Crippen LogP contribution in [0.5, 0.6) is 0 Å². The SMILES string of the molecule is CCC=C(C)c1nc2ccccc2o1. The van der Waals surface area contributed by atoms with Crippen LogP contribution in [0.4, 0.5) is 0 Å². The zero-order valence-electron chi connectivity index (χ0n) is 8.45. The fourth-order valence-corrected chi connectivity index (χ4v) is 1.43. The van der Waals surface area contributed by atoms with Gasteiger partial charge in [0.2, 0.25) is 5.89 Å². The van der Waals surface area contributed by atoms with Crippen LogP contribution in [-0.4, -0.2) is 4.98 Å². The highest BCUT2D eigenvalue weighted by molar-refractivity contribution is 5.75. The van der Waals surface area contributed by atoms with Gasteiger partial charge in [0.1, 0.15) is 5.52 Å². The van der Waals surface area contributed by atoms with Gasteiger partial charge in [0.05, 0.1) is 0 Å². The maximum absolute atomic E-state index is 5.60. The molecule has 2 heteroatoms. The molecule has 0 saturated heterocycles. The highest BCUT2D eigenvalue weighted by Gasteiger charge is 2.05. The van der Waals surface area contributed by atoms with Gasteiger partial charge in [0, 0.05) is 5.57 Å². The van der Waals surface area contributed by atoms with Crippen LogP contribution in [0.3, 0.4) is 0 Å². The number of hydrogen-bond donors (Lipinski definition) is 0. The first-order chi connectivity index (χ1) is 6.81. The van der Waals surface area contributed by atoms with E-state index < -0.39 is 0 Å². The summed E-state index contributed by atoms with van der Waals surface area (Å²) in [6.45, 7) is 4.13. The van der Waals surface area contributed by atoms with Crippen molar-refractivity contribution >= 4 is 16.7 Å². The third-order valence-corrected chi connectivity index (χ3v) is 2.14. The van der Waals surface area contributed by atoms with E-state index in [1.807, 2.05) is 31.2 Å². The number of aromatic nitrogens is 1. The van der Waals surface area contributed by atoms with Gasteiger partial charge in [-0.15, -0.1) is 0 Å². The number of rotatable bonds is 2. The molecule has 0 bridgehead atoms. The molecular formula is C12H13NO. The molecule has 1 aromatic heterocycles. The van der Waals surface area contributed by atoms with Gasteiger partial charge in [-0.3, -0.25) is 0 Å². The molecule has 0 aliphatic carbocycles. The molecule has 0 spiro atoms. The molecule has 72 valence electrons. The average molecular weight is 187 g/mol. The second-order valence-electron chi connectivity index (χ2n) is 3.28. The average Bonchev–Trinajstić information content (AvgIpc) is 2.61. The zero-order chi connectivity index (χ0) is 9.97. The fourth-order valence-electron chi connectivity index (χ4n) is 1.43. The normalized spacial score (nSPS) is 12.3. The molecule has 1 aromatic carbocycles. The van der Waals surface area contributed by atoms with Gasteiger partial charge < -0.3 is 4.42 Å². The number of fused-ring (bicyclic) bond motifs is 1. The second kappa shape index (κ2) is 3.66. The lowest BCUT2D eigenvalue weighted by atomic mass is 10.2. The Morgan fingerprint density at radius 2 is 2.21 bits per heavy atom. The summed E-state index contributed by atoms with van der Waals surface area (Å²) in [7, 11) is 0. The molecule has 0 fully saturated rings. The van der Waals surface area contributed by atoms with Gasteiger partial charge in [-0.25, -0.2) is 4.98 Å². The van der Waals surface area contributed by atoms with Gasteiger partial charge >= 0.3 is 0 Å². The molecule has 0 aliphatic rings. The Labute approximate surface area is 83.3 Å². The van der Waals surface area contributed by atoms with Gasteiger partial charge in [-0.1, -0.05) is 25.1 Å². The first kappa shape index (κ1) is 9.00. The molecule has 2 nitrogen and oxygen atoms in total. The topological polar surface area (TPSA) is 26.0 Å².